The number of rotatable bonds is 1. The van der Waals surface area contributed by atoms with Crippen LogP contribution < -0.4 is 0 Å². The zero-order valence-electron chi connectivity index (χ0n) is 14.2. The molecular formula is C21H28O2. The summed E-state index contributed by atoms with van der Waals surface area (Å²) >= 11 is 0. The van der Waals surface area contributed by atoms with Gasteiger partial charge in [0.2, 0.25) is 0 Å². The molecule has 2 fully saturated rings. The average molecular weight is 312 g/mol. The average Bonchev–Trinajstić information content (AvgIpc) is 2.81. The van der Waals surface area contributed by atoms with E-state index < -0.39 is 0 Å². The van der Waals surface area contributed by atoms with E-state index in [1.165, 1.54) is 24.0 Å². The second-order valence-corrected chi connectivity index (χ2v) is 8.35. The first-order valence-corrected chi connectivity index (χ1v) is 9.14. The standard InChI is InChI=1S/C21H28O2/c1-3-4-13-9-14-10-15(22)5-6-17(14)18-7-8-21(2)12-16(23)11-19(21)20(13)18/h3-6,10,13,16,18-20,22-23H,7-9,11-12H2,1-2H3/t13-,16+,18+,19-,20+,21+/m0/s1. The van der Waals surface area contributed by atoms with Crippen molar-refractivity contribution < 1.29 is 10.2 Å². The smallest absolute Gasteiger partial charge is 0.115 e. The number of allylic oxidation sites excluding steroid dienone is 2. The molecular weight excluding hydrogens is 284 g/mol. The highest BCUT2D eigenvalue weighted by molar-refractivity contribution is 5.41. The molecule has 0 spiro atoms. The van der Waals surface area contributed by atoms with Crippen molar-refractivity contribution in [1.82, 2.24) is 0 Å². The largest absolute Gasteiger partial charge is 0.508 e. The van der Waals surface area contributed by atoms with Gasteiger partial charge in [-0.2, -0.15) is 0 Å². The molecule has 124 valence electrons. The summed E-state index contributed by atoms with van der Waals surface area (Å²) in [5.74, 6) is 2.77. The molecule has 0 saturated heterocycles. The van der Waals surface area contributed by atoms with Gasteiger partial charge in [-0.1, -0.05) is 25.1 Å². The minimum atomic E-state index is -0.115. The first-order valence-electron chi connectivity index (χ1n) is 9.14. The molecule has 23 heavy (non-hydrogen) atoms. The number of fused-ring (bicyclic) bond motifs is 5. The molecule has 3 aliphatic rings. The number of hydrogen-bond donors (Lipinski definition) is 2. The molecule has 0 aromatic heterocycles. The van der Waals surface area contributed by atoms with E-state index in [0.717, 1.165) is 19.3 Å². The quantitative estimate of drug-likeness (QED) is 0.754. The molecule has 0 bridgehead atoms. The maximum Gasteiger partial charge on any atom is 0.115 e. The highest BCUT2D eigenvalue weighted by Gasteiger charge is 2.54. The fraction of sp³-hybridized carbons (Fsp3) is 0.619. The Bertz CT molecular complexity index is 635. The Morgan fingerprint density at radius 3 is 2.91 bits per heavy atom. The van der Waals surface area contributed by atoms with Gasteiger partial charge >= 0.3 is 0 Å². The van der Waals surface area contributed by atoms with Gasteiger partial charge in [0.05, 0.1) is 6.10 Å². The predicted octanol–water partition coefficient (Wildman–Crippen LogP) is 4.41. The zero-order valence-corrected chi connectivity index (χ0v) is 14.2. The van der Waals surface area contributed by atoms with Crippen molar-refractivity contribution in [3.63, 3.8) is 0 Å². The van der Waals surface area contributed by atoms with Crippen LogP contribution in [0.2, 0.25) is 0 Å². The third-order valence-electron chi connectivity index (χ3n) is 6.99. The molecule has 0 heterocycles. The van der Waals surface area contributed by atoms with E-state index in [1.807, 2.05) is 12.1 Å². The maximum absolute atomic E-state index is 10.3. The molecule has 1 aromatic carbocycles. The van der Waals surface area contributed by atoms with Crippen molar-refractivity contribution in [3.05, 3.63) is 41.5 Å². The van der Waals surface area contributed by atoms with Crippen molar-refractivity contribution in [3.8, 4) is 5.75 Å². The number of phenolic OH excluding ortho intramolecular Hbond substituents is 1. The summed E-state index contributed by atoms with van der Waals surface area (Å²) < 4.78 is 0. The molecule has 2 nitrogen and oxygen atoms in total. The van der Waals surface area contributed by atoms with Crippen LogP contribution >= 0.6 is 0 Å². The van der Waals surface area contributed by atoms with Gasteiger partial charge in [-0.3, -0.25) is 0 Å². The van der Waals surface area contributed by atoms with Crippen LogP contribution in [0, 0.1) is 23.2 Å². The van der Waals surface area contributed by atoms with Gasteiger partial charge in [0, 0.05) is 0 Å². The topological polar surface area (TPSA) is 40.5 Å². The Morgan fingerprint density at radius 2 is 2.13 bits per heavy atom. The van der Waals surface area contributed by atoms with Crippen molar-refractivity contribution in [2.24, 2.45) is 23.2 Å². The molecule has 0 aliphatic heterocycles. The fourth-order valence-electron chi connectivity index (χ4n) is 6.14. The number of aliphatic hydroxyl groups excluding tert-OH is 1. The van der Waals surface area contributed by atoms with Crippen molar-refractivity contribution in [2.45, 2.75) is 58.0 Å². The monoisotopic (exact) mass is 312 g/mol. The molecule has 2 heteroatoms. The summed E-state index contributed by atoms with van der Waals surface area (Å²) in [7, 11) is 0. The van der Waals surface area contributed by atoms with Gasteiger partial charge in [0.15, 0.2) is 0 Å². The second kappa shape index (κ2) is 5.37. The van der Waals surface area contributed by atoms with Gasteiger partial charge in [-0.15, -0.1) is 0 Å². The van der Waals surface area contributed by atoms with Gasteiger partial charge < -0.3 is 10.2 Å². The maximum atomic E-state index is 10.3. The van der Waals surface area contributed by atoms with Crippen molar-refractivity contribution in [2.75, 3.05) is 0 Å². The highest BCUT2D eigenvalue weighted by Crippen LogP contribution is 2.62. The highest BCUT2D eigenvalue weighted by atomic mass is 16.3. The molecule has 1 aromatic rings. The van der Waals surface area contributed by atoms with E-state index in [-0.39, 0.29) is 6.10 Å². The van der Waals surface area contributed by atoms with Gasteiger partial charge in [0.25, 0.3) is 0 Å². The van der Waals surface area contributed by atoms with Gasteiger partial charge in [-0.25, -0.2) is 0 Å². The third kappa shape index (κ3) is 2.34. The van der Waals surface area contributed by atoms with Crippen LogP contribution in [0.15, 0.2) is 30.4 Å². The Hall–Kier alpha value is -1.28. The summed E-state index contributed by atoms with van der Waals surface area (Å²) in [6.45, 7) is 4.52. The zero-order chi connectivity index (χ0) is 16.2. The number of phenols is 1. The lowest BCUT2D eigenvalue weighted by Crippen LogP contribution is -2.43. The van der Waals surface area contributed by atoms with Crippen LogP contribution in [0.25, 0.3) is 0 Å². The number of hydrogen-bond acceptors (Lipinski definition) is 2. The number of aliphatic hydroxyl groups is 1. The summed E-state index contributed by atoms with van der Waals surface area (Å²) in [5.41, 5.74) is 3.10. The van der Waals surface area contributed by atoms with Crippen LogP contribution in [0.1, 0.15) is 56.6 Å². The molecule has 3 aliphatic carbocycles. The normalized spacial score (nSPS) is 42.3. The van der Waals surface area contributed by atoms with E-state index in [1.54, 1.807) is 0 Å². The Balaban J connectivity index is 1.79. The minimum Gasteiger partial charge on any atom is -0.508 e. The van der Waals surface area contributed by atoms with Crippen LogP contribution in [0.3, 0.4) is 0 Å². The van der Waals surface area contributed by atoms with Crippen molar-refractivity contribution in [1.29, 1.82) is 0 Å². The molecule has 4 rings (SSSR count). The van der Waals surface area contributed by atoms with Gasteiger partial charge in [0.1, 0.15) is 5.75 Å². The Morgan fingerprint density at radius 1 is 1.30 bits per heavy atom. The molecule has 6 atom stereocenters. The predicted molar refractivity (Wildman–Crippen MR) is 92.4 cm³/mol. The lowest BCUT2D eigenvalue weighted by molar-refractivity contribution is 0.0391. The summed E-state index contributed by atoms with van der Waals surface area (Å²) in [5, 5.41) is 20.2. The minimum absolute atomic E-state index is 0.115. The molecule has 0 unspecified atom stereocenters. The number of aromatic hydroxyl groups is 1. The Labute approximate surface area is 139 Å². The van der Waals surface area contributed by atoms with Crippen molar-refractivity contribution >= 4 is 0 Å². The van der Waals surface area contributed by atoms with Crippen LogP contribution in [0.4, 0.5) is 0 Å². The van der Waals surface area contributed by atoms with E-state index >= 15 is 0 Å². The molecule has 0 amide bonds. The first-order chi connectivity index (χ1) is 11.0. The molecule has 2 saturated carbocycles. The second-order valence-electron chi connectivity index (χ2n) is 8.35. The molecule has 2 N–H and O–H groups in total. The lowest BCUT2D eigenvalue weighted by Gasteiger charge is -2.51. The van der Waals surface area contributed by atoms with Gasteiger partial charge in [-0.05, 0) is 91.4 Å². The van der Waals surface area contributed by atoms with Crippen LogP contribution in [-0.2, 0) is 6.42 Å². The number of benzene rings is 1. The van der Waals surface area contributed by atoms with Crippen LogP contribution in [-0.4, -0.2) is 16.3 Å². The van der Waals surface area contributed by atoms with E-state index in [4.69, 9.17) is 0 Å². The Kier molecular flexibility index (Phi) is 3.57. The fourth-order valence-corrected chi connectivity index (χ4v) is 6.14. The molecule has 0 radical (unpaired) electrons. The van der Waals surface area contributed by atoms with E-state index in [0.29, 0.717) is 34.8 Å². The summed E-state index contributed by atoms with van der Waals surface area (Å²) in [4.78, 5) is 0. The van der Waals surface area contributed by atoms with E-state index in [9.17, 15) is 10.2 Å². The third-order valence-corrected chi connectivity index (χ3v) is 6.99. The first kappa shape index (κ1) is 15.3. The summed E-state index contributed by atoms with van der Waals surface area (Å²) in [6, 6.07) is 5.98. The summed E-state index contributed by atoms with van der Waals surface area (Å²) in [6.07, 6.45) is 9.86. The lowest BCUT2D eigenvalue weighted by atomic mass is 9.53. The van der Waals surface area contributed by atoms with E-state index in [2.05, 4.69) is 32.1 Å². The SMILES string of the molecule is CC=C[C@H]1Cc2cc(O)ccc2[C@H]2CC[C@]3(C)C[C@H](O)C[C@H]3[C@@H]21. The van der Waals surface area contributed by atoms with Crippen LogP contribution in [0.5, 0.6) is 5.75 Å².